The maximum absolute atomic E-state index is 11.0. The van der Waals surface area contributed by atoms with Crippen LogP contribution in [-0.4, -0.2) is 30.1 Å². The van der Waals surface area contributed by atoms with E-state index in [0.717, 1.165) is 23.0 Å². The molecule has 1 aliphatic rings. The van der Waals surface area contributed by atoms with Crippen LogP contribution in [-0.2, 0) is 0 Å². The topological polar surface area (TPSA) is 58.4 Å². The summed E-state index contributed by atoms with van der Waals surface area (Å²) in [7, 11) is 0. The van der Waals surface area contributed by atoms with E-state index in [4.69, 9.17) is 17.3 Å². The molecule has 1 aromatic rings. The van der Waals surface area contributed by atoms with Crippen LogP contribution in [0.2, 0.25) is 5.02 Å². The van der Waals surface area contributed by atoms with Crippen LogP contribution in [0.1, 0.15) is 12.8 Å². The van der Waals surface area contributed by atoms with Crippen LogP contribution in [0.3, 0.4) is 0 Å². The van der Waals surface area contributed by atoms with Crippen molar-refractivity contribution in [2.45, 2.75) is 18.9 Å². The number of primary amides is 1. The van der Waals surface area contributed by atoms with E-state index in [1.165, 1.54) is 0 Å². The molecule has 3 N–H and O–H groups in total. The Morgan fingerprint density at radius 2 is 2.11 bits per heavy atom. The number of nitrogens with one attached hydrogen (secondary N) is 1. The third kappa shape index (κ3) is 3.29. The highest BCUT2D eigenvalue weighted by molar-refractivity contribution is 9.10. The van der Waals surface area contributed by atoms with Crippen molar-refractivity contribution in [2.75, 3.05) is 18.4 Å². The molecule has 1 saturated heterocycles. The van der Waals surface area contributed by atoms with Gasteiger partial charge in [-0.3, -0.25) is 0 Å². The number of amides is 2. The summed E-state index contributed by atoms with van der Waals surface area (Å²) in [5.41, 5.74) is 6.25. The van der Waals surface area contributed by atoms with Crippen molar-refractivity contribution in [3.8, 4) is 0 Å². The maximum atomic E-state index is 11.0. The van der Waals surface area contributed by atoms with E-state index in [9.17, 15) is 4.79 Å². The molecular formula is C12H15BrClN3O. The molecule has 0 aromatic heterocycles. The minimum absolute atomic E-state index is 0.333. The number of urea groups is 1. The van der Waals surface area contributed by atoms with Crippen LogP contribution in [0.15, 0.2) is 22.7 Å². The number of nitrogens with zero attached hydrogens (tertiary/aromatic N) is 1. The Kier molecular flexibility index (Phi) is 4.35. The highest BCUT2D eigenvalue weighted by Gasteiger charge is 2.20. The summed E-state index contributed by atoms with van der Waals surface area (Å²) < 4.78 is 0.887. The molecule has 98 valence electrons. The zero-order valence-electron chi connectivity index (χ0n) is 9.83. The largest absolute Gasteiger partial charge is 0.382 e. The Hall–Kier alpha value is -0.940. The number of likely N-dealkylation sites (tertiary alicyclic amines) is 1. The standard InChI is InChI=1S/C12H15BrClN3O/c13-10-2-1-9(7-11(10)14)16-8-3-5-17(6-4-8)12(15)18/h1-2,7-8,16H,3-6H2,(H2,15,18). The molecule has 0 aliphatic carbocycles. The number of piperidine rings is 1. The third-order valence-corrected chi connectivity index (χ3v) is 4.33. The molecule has 0 unspecified atom stereocenters. The molecule has 1 fully saturated rings. The molecule has 0 bridgehead atoms. The number of rotatable bonds is 2. The Balaban J connectivity index is 1.91. The van der Waals surface area contributed by atoms with Gasteiger partial charge in [0.05, 0.1) is 5.02 Å². The van der Waals surface area contributed by atoms with Gasteiger partial charge in [-0.05, 0) is 47.0 Å². The molecule has 18 heavy (non-hydrogen) atoms. The molecule has 0 atom stereocenters. The van der Waals surface area contributed by atoms with Gasteiger partial charge >= 0.3 is 6.03 Å². The fraction of sp³-hybridized carbons (Fsp3) is 0.417. The molecule has 0 spiro atoms. The van der Waals surface area contributed by atoms with Gasteiger partial charge in [-0.2, -0.15) is 0 Å². The average molecular weight is 333 g/mol. The fourth-order valence-corrected chi connectivity index (χ4v) is 2.49. The maximum Gasteiger partial charge on any atom is 0.314 e. The van der Waals surface area contributed by atoms with Crippen molar-refractivity contribution in [3.05, 3.63) is 27.7 Å². The number of halogens is 2. The summed E-state index contributed by atoms with van der Waals surface area (Å²) in [5, 5.41) is 4.11. The summed E-state index contributed by atoms with van der Waals surface area (Å²) in [6, 6.07) is 5.82. The number of hydrogen-bond donors (Lipinski definition) is 2. The second-order valence-corrected chi connectivity index (χ2v) is 5.63. The molecule has 0 radical (unpaired) electrons. The first-order valence-electron chi connectivity index (χ1n) is 5.82. The van der Waals surface area contributed by atoms with E-state index in [-0.39, 0.29) is 6.03 Å². The number of anilines is 1. The molecular weight excluding hydrogens is 318 g/mol. The number of carbonyl (C=O) groups is 1. The van der Waals surface area contributed by atoms with Crippen molar-refractivity contribution < 1.29 is 4.79 Å². The molecule has 1 heterocycles. The number of hydrogen-bond acceptors (Lipinski definition) is 2. The van der Waals surface area contributed by atoms with E-state index < -0.39 is 0 Å². The zero-order valence-corrected chi connectivity index (χ0v) is 12.2. The van der Waals surface area contributed by atoms with Crippen LogP contribution < -0.4 is 11.1 Å². The lowest BCUT2D eigenvalue weighted by atomic mass is 10.1. The molecule has 2 rings (SSSR count). The second kappa shape index (κ2) is 5.80. The molecule has 2 amide bonds. The Bertz CT molecular complexity index is 447. The Morgan fingerprint density at radius 1 is 1.44 bits per heavy atom. The van der Waals surface area contributed by atoms with Crippen molar-refractivity contribution in [2.24, 2.45) is 5.73 Å². The first-order valence-corrected chi connectivity index (χ1v) is 6.99. The SMILES string of the molecule is NC(=O)N1CCC(Nc2ccc(Br)c(Cl)c2)CC1. The number of benzene rings is 1. The molecule has 1 aliphatic heterocycles. The van der Waals surface area contributed by atoms with Crippen LogP contribution >= 0.6 is 27.5 Å². The van der Waals surface area contributed by atoms with Gasteiger partial charge in [0.2, 0.25) is 0 Å². The van der Waals surface area contributed by atoms with E-state index in [1.54, 1.807) is 4.90 Å². The Morgan fingerprint density at radius 3 is 2.67 bits per heavy atom. The van der Waals surface area contributed by atoms with E-state index in [1.807, 2.05) is 18.2 Å². The summed E-state index contributed by atoms with van der Waals surface area (Å²) in [4.78, 5) is 12.7. The summed E-state index contributed by atoms with van der Waals surface area (Å²) in [6.45, 7) is 1.41. The van der Waals surface area contributed by atoms with Crippen molar-refractivity contribution in [1.29, 1.82) is 0 Å². The molecule has 1 aromatic carbocycles. The van der Waals surface area contributed by atoms with Gasteiger partial charge in [0, 0.05) is 29.3 Å². The van der Waals surface area contributed by atoms with Crippen LogP contribution in [0.4, 0.5) is 10.5 Å². The van der Waals surface area contributed by atoms with Gasteiger partial charge in [-0.25, -0.2) is 4.79 Å². The first-order chi connectivity index (χ1) is 8.56. The van der Waals surface area contributed by atoms with E-state index >= 15 is 0 Å². The van der Waals surface area contributed by atoms with Crippen LogP contribution in [0, 0.1) is 0 Å². The van der Waals surface area contributed by atoms with Crippen molar-refractivity contribution in [3.63, 3.8) is 0 Å². The zero-order chi connectivity index (χ0) is 13.1. The normalized spacial score (nSPS) is 16.7. The Labute approximate surface area is 120 Å². The number of nitrogens with two attached hydrogens (primary N) is 1. The predicted molar refractivity (Wildman–Crippen MR) is 77.0 cm³/mol. The quantitative estimate of drug-likeness (QED) is 0.874. The monoisotopic (exact) mass is 331 g/mol. The highest BCUT2D eigenvalue weighted by Crippen LogP contribution is 2.26. The highest BCUT2D eigenvalue weighted by atomic mass is 79.9. The van der Waals surface area contributed by atoms with E-state index in [0.29, 0.717) is 24.2 Å². The lowest BCUT2D eigenvalue weighted by molar-refractivity contribution is 0.193. The third-order valence-electron chi connectivity index (χ3n) is 3.10. The van der Waals surface area contributed by atoms with Gasteiger partial charge in [0.1, 0.15) is 0 Å². The van der Waals surface area contributed by atoms with Crippen molar-refractivity contribution >= 4 is 39.2 Å². The second-order valence-electron chi connectivity index (χ2n) is 4.37. The number of carbonyl (C=O) groups excluding carboxylic acids is 1. The van der Waals surface area contributed by atoms with Gasteiger partial charge in [-0.15, -0.1) is 0 Å². The van der Waals surface area contributed by atoms with Gasteiger partial charge in [-0.1, -0.05) is 11.6 Å². The predicted octanol–water partition coefficient (Wildman–Crippen LogP) is 3.06. The van der Waals surface area contributed by atoms with Crippen LogP contribution in [0.5, 0.6) is 0 Å². The lowest BCUT2D eigenvalue weighted by Gasteiger charge is -2.31. The minimum atomic E-state index is -0.333. The summed E-state index contributed by atoms with van der Waals surface area (Å²) in [5.74, 6) is 0. The van der Waals surface area contributed by atoms with Gasteiger partial charge in [0.15, 0.2) is 0 Å². The van der Waals surface area contributed by atoms with Crippen molar-refractivity contribution in [1.82, 2.24) is 4.90 Å². The molecule has 4 nitrogen and oxygen atoms in total. The summed E-state index contributed by atoms with van der Waals surface area (Å²) in [6.07, 6.45) is 1.80. The lowest BCUT2D eigenvalue weighted by Crippen LogP contribution is -2.44. The first kappa shape index (κ1) is 13.5. The van der Waals surface area contributed by atoms with Gasteiger partial charge < -0.3 is 16.0 Å². The minimum Gasteiger partial charge on any atom is -0.382 e. The molecule has 6 heteroatoms. The summed E-state index contributed by atoms with van der Waals surface area (Å²) >= 11 is 9.40. The van der Waals surface area contributed by atoms with E-state index in [2.05, 4.69) is 21.2 Å². The van der Waals surface area contributed by atoms with Crippen LogP contribution in [0.25, 0.3) is 0 Å². The van der Waals surface area contributed by atoms with Gasteiger partial charge in [0.25, 0.3) is 0 Å². The smallest absolute Gasteiger partial charge is 0.314 e. The average Bonchev–Trinajstić information content (AvgIpc) is 2.34. The fourth-order valence-electron chi connectivity index (χ4n) is 2.07. The molecule has 0 saturated carbocycles.